The van der Waals surface area contributed by atoms with Gasteiger partial charge in [0.1, 0.15) is 17.9 Å². The predicted octanol–water partition coefficient (Wildman–Crippen LogP) is 1.66. The van der Waals surface area contributed by atoms with Gasteiger partial charge in [0, 0.05) is 24.6 Å². The number of halogens is 4. The average Bonchev–Trinajstić information content (AvgIpc) is 3.02. The number of nitrogens with one attached hydrogen (secondary N) is 2. The highest BCUT2D eigenvalue weighted by molar-refractivity contribution is 5.98. The number of ether oxygens (including phenoxy) is 2. The van der Waals surface area contributed by atoms with Crippen LogP contribution in [0.2, 0.25) is 0 Å². The molecule has 244 valence electrons. The standard InChI is InChI=1S/C30H28F4N4O8/c1-13-24(40)17(12-16-20(31)21(32)26(34)38-25(16)33)36-27(41)22(37-28(42)23-18(39)9-6-10-35-23)14(2)45-30(44)19(46-29(13)43)11-15-7-4-3-5-8-15/h3-10,13-14,17,19,22,24,39-40H,11-12H2,1-2H3,(H,36,41)(H,37,42)/t13-,14-,17+,19?,22+,24+/m1/s1. The highest BCUT2D eigenvalue weighted by atomic mass is 19.2. The van der Waals surface area contributed by atoms with E-state index in [0.29, 0.717) is 5.56 Å². The van der Waals surface area contributed by atoms with Crippen LogP contribution in [-0.4, -0.2) is 74.3 Å². The van der Waals surface area contributed by atoms with Crippen molar-refractivity contribution in [1.29, 1.82) is 0 Å². The Balaban J connectivity index is 1.75. The fourth-order valence-corrected chi connectivity index (χ4v) is 4.68. The monoisotopic (exact) mass is 648 g/mol. The molecule has 1 saturated heterocycles. The van der Waals surface area contributed by atoms with Gasteiger partial charge in [0.2, 0.25) is 23.8 Å². The fraction of sp³-hybridized carbons (Fsp3) is 0.333. The van der Waals surface area contributed by atoms with Crippen molar-refractivity contribution in [1.82, 2.24) is 20.6 Å². The molecule has 1 aromatic carbocycles. The van der Waals surface area contributed by atoms with E-state index in [2.05, 4.69) is 20.6 Å². The summed E-state index contributed by atoms with van der Waals surface area (Å²) in [4.78, 5) is 59.5. The van der Waals surface area contributed by atoms with E-state index >= 15 is 0 Å². The van der Waals surface area contributed by atoms with Gasteiger partial charge in [0.25, 0.3) is 11.9 Å². The molecule has 1 fully saturated rings. The molecule has 3 heterocycles. The molecule has 0 spiro atoms. The molecular formula is C30H28F4N4O8. The van der Waals surface area contributed by atoms with Crippen LogP contribution in [0.25, 0.3) is 0 Å². The van der Waals surface area contributed by atoms with Crippen molar-refractivity contribution < 1.29 is 56.4 Å². The molecule has 6 atom stereocenters. The van der Waals surface area contributed by atoms with Crippen molar-refractivity contribution in [3.63, 3.8) is 0 Å². The first-order valence-corrected chi connectivity index (χ1v) is 13.9. The van der Waals surface area contributed by atoms with Crippen LogP contribution in [0.4, 0.5) is 17.6 Å². The molecule has 1 aliphatic rings. The zero-order valence-electron chi connectivity index (χ0n) is 24.2. The second kappa shape index (κ2) is 14.3. The van der Waals surface area contributed by atoms with Gasteiger partial charge in [-0.2, -0.15) is 18.2 Å². The summed E-state index contributed by atoms with van der Waals surface area (Å²) < 4.78 is 67.5. The van der Waals surface area contributed by atoms with Crippen molar-refractivity contribution in [3.05, 3.63) is 89.0 Å². The molecule has 46 heavy (non-hydrogen) atoms. The van der Waals surface area contributed by atoms with Crippen LogP contribution in [0.15, 0.2) is 48.7 Å². The van der Waals surface area contributed by atoms with E-state index in [-0.39, 0.29) is 6.42 Å². The lowest BCUT2D eigenvalue weighted by Gasteiger charge is -2.33. The maximum Gasteiger partial charge on any atom is 0.348 e. The highest BCUT2D eigenvalue weighted by Gasteiger charge is 2.41. The Labute approximate surface area is 258 Å². The van der Waals surface area contributed by atoms with E-state index in [1.54, 1.807) is 30.3 Å². The average molecular weight is 649 g/mol. The van der Waals surface area contributed by atoms with E-state index in [0.717, 1.165) is 13.0 Å². The number of hydrogen-bond acceptors (Lipinski definition) is 10. The lowest BCUT2D eigenvalue weighted by Crippen LogP contribution is -2.59. The van der Waals surface area contributed by atoms with Gasteiger partial charge in [-0.1, -0.05) is 30.3 Å². The number of aromatic hydroxyl groups is 1. The molecule has 16 heteroatoms. The number of carbonyl (C=O) groups is 4. The summed E-state index contributed by atoms with van der Waals surface area (Å²) in [5.74, 6) is -14.7. The van der Waals surface area contributed by atoms with Gasteiger partial charge < -0.3 is 30.3 Å². The molecule has 0 bridgehead atoms. The first-order valence-electron chi connectivity index (χ1n) is 13.9. The Bertz CT molecular complexity index is 1630. The Hall–Kier alpha value is -5.12. The minimum absolute atomic E-state index is 0.202. The van der Waals surface area contributed by atoms with Crippen molar-refractivity contribution in [2.45, 2.75) is 57.1 Å². The van der Waals surface area contributed by atoms with Crippen LogP contribution in [0.5, 0.6) is 5.75 Å². The molecule has 1 aliphatic heterocycles. The number of amides is 2. The van der Waals surface area contributed by atoms with Gasteiger partial charge in [-0.15, -0.1) is 0 Å². The molecule has 0 saturated carbocycles. The topological polar surface area (TPSA) is 177 Å². The summed E-state index contributed by atoms with van der Waals surface area (Å²) in [6, 6.07) is 7.12. The van der Waals surface area contributed by atoms with Crippen molar-refractivity contribution in [2.24, 2.45) is 5.92 Å². The second-order valence-corrected chi connectivity index (χ2v) is 10.5. The third-order valence-electron chi connectivity index (χ3n) is 7.26. The number of carbonyl (C=O) groups excluding carboxylic acids is 4. The summed E-state index contributed by atoms with van der Waals surface area (Å²) in [5.41, 5.74) is -1.15. The molecule has 12 nitrogen and oxygen atoms in total. The van der Waals surface area contributed by atoms with E-state index < -0.39 is 107 Å². The van der Waals surface area contributed by atoms with Gasteiger partial charge in [-0.05, 0) is 31.5 Å². The minimum Gasteiger partial charge on any atom is -0.505 e. The number of rotatable bonds is 6. The van der Waals surface area contributed by atoms with Crippen molar-refractivity contribution >= 4 is 23.8 Å². The highest BCUT2D eigenvalue weighted by Crippen LogP contribution is 2.23. The molecule has 0 radical (unpaired) electrons. The van der Waals surface area contributed by atoms with Crippen LogP contribution >= 0.6 is 0 Å². The van der Waals surface area contributed by atoms with Gasteiger partial charge in [-0.25, -0.2) is 14.2 Å². The zero-order valence-corrected chi connectivity index (χ0v) is 24.2. The number of nitrogens with zero attached hydrogens (tertiary/aromatic N) is 2. The molecule has 2 amide bonds. The zero-order chi connectivity index (χ0) is 33.7. The maximum atomic E-state index is 14.6. The van der Waals surface area contributed by atoms with Gasteiger partial charge >= 0.3 is 11.9 Å². The number of aliphatic hydroxyl groups is 1. The lowest BCUT2D eigenvalue weighted by atomic mass is 9.92. The number of aromatic nitrogens is 2. The Morgan fingerprint density at radius 3 is 2.30 bits per heavy atom. The number of hydrogen-bond donors (Lipinski definition) is 4. The number of esters is 2. The Kier molecular flexibility index (Phi) is 10.5. The van der Waals surface area contributed by atoms with Gasteiger partial charge in [0.05, 0.1) is 18.1 Å². The summed E-state index contributed by atoms with van der Waals surface area (Å²) in [7, 11) is 0. The van der Waals surface area contributed by atoms with Crippen LogP contribution in [0, 0.1) is 29.4 Å². The van der Waals surface area contributed by atoms with Crippen LogP contribution in [0.1, 0.15) is 35.5 Å². The minimum atomic E-state index is -2.12. The van der Waals surface area contributed by atoms with Gasteiger partial charge in [-0.3, -0.25) is 14.4 Å². The van der Waals surface area contributed by atoms with E-state index in [4.69, 9.17) is 9.47 Å². The molecule has 4 rings (SSSR count). The summed E-state index contributed by atoms with van der Waals surface area (Å²) >= 11 is 0. The van der Waals surface area contributed by atoms with Crippen molar-refractivity contribution in [3.8, 4) is 5.75 Å². The molecule has 2 aromatic heterocycles. The van der Waals surface area contributed by atoms with Gasteiger partial charge in [0.15, 0.2) is 11.5 Å². The Morgan fingerprint density at radius 2 is 1.63 bits per heavy atom. The van der Waals surface area contributed by atoms with E-state index in [1.165, 1.54) is 19.2 Å². The first kappa shape index (κ1) is 33.8. The first-order chi connectivity index (χ1) is 21.8. The molecule has 4 N–H and O–H groups in total. The van der Waals surface area contributed by atoms with E-state index in [1.807, 2.05) is 0 Å². The largest absolute Gasteiger partial charge is 0.505 e. The summed E-state index contributed by atoms with van der Waals surface area (Å²) in [6.07, 6.45) is -5.25. The second-order valence-electron chi connectivity index (χ2n) is 10.5. The lowest BCUT2D eigenvalue weighted by molar-refractivity contribution is -0.177. The molecular weight excluding hydrogens is 620 g/mol. The normalized spacial score (nSPS) is 24.1. The number of benzene rings is 1. The third-order valence-corrected chi connectivity index (χ3v) is 7.26. The molecule has 1 unspecified atom stereocenters. The SMILES string of the molecule is C[C@H]1OC(=O)C(Cc2ccccc2)OC(=O)[C@H](C)[C@H](O)[C@H](Cc2c(F)nc(F)c(F)c2F)NC(=O)[C@H]1NC(=O)c1ncccc1O. The van der Waals surface area contributed by atoms with Crippen LogP contribution in [-0.2, 0) is 36.7 Å². The summed E-state index contributed by atoms with van der Waals surface area (Å²) in [6.45, 7) is 2.32. The molecule has 3 aromatic rings. The summed E-state index contributed by atoms with van der Waals surface area (Å²) in [5, 5.41) is 25.7. The third kappa shape index (κ3) is 7.56. The smallest absolute Gasteiger partial charge is 0.348 e. The number of pyridine rings is 2. The van der Waals surface area contributed by atoms with E-state index in [9.17, 15) is 47.0 Å². The fourth-order valence-electron chi connectivity index (χ4n) is 4.68. The van der Waals surface area contributed by atoms with Crippen molar-refractivity contribution in [2.75, 3.05) is 0 Å². The van der Waals surface area contributed by atoms with Crippen LogP contribution < -0.4 is 10.6 Å². The Morgan fingerprint density at radius 1 is 0.935 bits per heavy atom. The number of aliphatic hydroxyl groups excluding tert-OH is 1. The predicted molar refractivity (Wildman–Crippen MR) is 148 cm³/mol. The van der Waals surface area contributed by atoms with Crippen LogP contribution in [0.3, 0.4) is 0 Å². The molecule has 0 aliphatic carbocycles. The number of cyclic esters (lactones) is 2. The quantitative estimate of drug-likeness (QED) is 0.175. The maximum absolute atomic E-state index is 14.6.